The summed E-state index contributed by atoms with van der Waals surface area (Å²) in [6.45, 7) is 0. The Labute approximate surface area is 67.9 Å². The molecule has 0 bridgehead atoms. The minimum Gasteiger partial charge on any atom is -0.542 e. The molecule has 3 nitrogen and oxygen atoms in total. The molecule has 0 aliphatic heterocycles. The summed E-state index contributed by atoms with van der Waals surface area (Å²) in [5.74, 6) is -1.21. The summed E-state index contributed by atoms with van der Waals surface area (Å²) >= 11 is 1.06. The van der Waals surface area contributed by atoms with Crippen molar-refractivity contribution in [3.05, 3.63) is 16.6 Å². The summed E-state index contributed by atoms with van der Waals surface area (Å²) in [6, 6.07) is 0. The Morgan fingerprint density at radius 1 is 1.78 bits per heavy atom. The molecule has 0 aromatic carbocycles. The second-order valence-corrected chi connectivity index (χ2v) is 2.02. The van der Waals surface area contributed by atoms with Gasteiger partial charge in [0, 0.05) is 11.6 Å². The normalized spacial score (nSPS) is 8.00. The average molecular weight is 135 g/mol. The van der Waals surface area contributed by atoms with Crippen LogP contribution in [-0.4, -0.2) is 11.0 Å². The van der Waals surface area contributed by atoms with Gasteiger partial charge in [-0.25, -0.2) is 4.98 Å². The summed E-state index contributed by atoms with van der Waals surface area (Å²) in [5.41, 5.74) is 0. The largest absolute Gasteiger partial charge is 1.00 e. The fraction of sp³-hybridized carbons (Fsp3) is 0. The van der Waals surface area contributed by atoms with Gasteiger partial charge in [-0.1, -0.05) is 0 Å². The van der Waals surface area contributed by atoms with Crippen LogP contribution in [0.15, 0.2) is 11.6 Å². The molecule has 9 heavy (non-hydrogen) atoms. The number of nitrogens with zero attached hydrogens (tertiary/aromatic N) is 1. The van der Waals surface area contributed by atoms with Gasteiger partial charge in [0.25, 0.3) is 0 Å². The molecule has 1 aromatic rings. The van der Waals surface area contributed by atoms with Gasteiger partial charge in [-0.15, -0.1) is 11.3 Å². The van der Waals surface area contributed by atoms with Crippen molar-refractivity contribution in [3.63, 3.8) is 0 Å². The van der Waals surface area contributed by atoms with Crippen LogP contribution in [0.4, 0.5) is 0 Å². The Bertz CT molecular complexity index is 186. The number of thiazole rings is 1. The quantitative estimate of drug-likeness (QED) is 0.375. The van der Waals surface area contributed by atoms with Crippen LogP contribution in [-0.2, 0) is 0 Å². The Morgan fingerprint density at radius 2 is 2.44 bits per heavy atom. The number of carbonyl (C=O) groups excluding carboxylic acids is 1. The van der Waals surface area contributed by atoms with Gasteiger partial charge in [0.15, 0.2) is 0 Å². The molecule has 0 spiro atoms. The van der Waals surface area contributed by atoms with Crippen molar-refractivity contribution < 1.29 is 28.8 Å². The summed E-state index contributed by atoms with van der Waals surface area (Å²) < 4.78 is 0. The van der Waals surface area contributed by atoms with Gasteiger partial charge in [0.2, 0.25) is 0 Å². The number of aromatic carboxylic acids is 1. The average Bonchev–Trinajstić information content (AvgIpc) is 2.12. The monoisotopic (exact) mass is 135 g/mol. The zero-order chi connectivity index (χ0) is 5.98. The fourth-order valence-corrected chi connectivity index (χ4v) is 0.793. The Hall–Kier alpha value is -0.303. The summed E-state index contributed by atoms with van der Waals surface area (Å²) in [7, 11) is 0. The van der Waals surface area contributed by atoms with E-state index >= 15 is 0 Å². The molecule has 1 aromatic heterocycles. The predicted molar refractivity (Wildman–Crippen MR) is 26.4 cm³/mol. The molecule has 0 N–H and O–H groups in total. The molecule has 0 aliphatic rings. The molecule has 0 radical (unpaired) electrons. The van der Waals surface area contributed by atoms with Gasteiger partial charge < -0.3 is 9.90 Å². The van der Waals surface area contributed by atoms with E-state index in [0.717, 1.165) is 11.3 Å². The zero-order valence-corrected chi connectivity index (χ0v) is 5.64. The van der Waals surface area contributed by atoms with Crippen molar-refractivity contribution in [2.24, 2.45) is 0 Å². The molecule has 0 saturated heterocycles. The van der Waals surface area contributed by atoms with E-state index in [4.69, 9.17) is 0 Å². The van der Waals surface area contributed by atoms with Gasteiger partial charge >= 0.3 is 18.9 Å². The number of rotatable bonds is 1. The second kappa shape index (κ2) is 3.67. The fourth-order valence-electron chi connectivity index (χ4n) is 0.324. The summed E-state index contributed by atoms with van der Waals surface area (Å²) in [4.78, 5) is 13.4. The Morgan fingerprint density at radius 3 is 2.67 bits per heavy atom. The molecule has 0 atom stereocenters. The number of hydrogen-bond acceptors (Lipinski definition) is 4. The van der Waals surface area contributed by atoms with Gasteiger partial charge in [-0.05, 0) is 0 Å². The molecule has 0 saturated carbocycles. The van der Waals surface area contributed by atoms with Crippen LogP contribution in [0.1, 0.15) is 9.80 Å². The van der Waals surface area contributed by atoms with Crippen LogP contribution >= 0.6 is 11.3 Å². The third-order valence-corrected chi connectivity index (χ3v) is 1.36. The maximum atomic E-state index is 9.90. The standard InChI is InChI=1S/C4H3NO2S.Li/c6-4(7)3-5-1-2-8-3;/h1-2H,(H,6,7);/q;+1/p-1. The van der Waals surface area contributed by atoms with Crippen molar-refractivity contribution in [3.8, 4) is 0 Å². The molecule has 0 fully saturated rings. The van der Waals surface area contributed by atoms with Crippen molar-refractivity contribution in [2.45, 2.75) is 0 Å². The molecule has 0 unspecified atom stereocenters. The third-order valence-electron chi connectivity index (χ3n) is 0.607. The molecule has 42 valence electrons. The van der Waals surface area contributed by atoms with Crippen LogP contribution in [0.2, 0.25) is 0 Å². The Kier molecular flexibility index (Phi) is 3.55. The number of carboxylic acid groups (broad SMARTS) is 1. The van der Waals surface area contributed by atoms with Crippen molar-refractivity contribution >= 4 is 17.3 Å². The minimum absolute atomic E-state index is 0. The van der Waals surface area contributed by atoms with Crippen molar-refractivity contribution in [1.82, 2.24) is 4.98 Å². The van der Waals surface area contributed by atoms with E-state index in [9.17, 15) is 9.90 Å². The molecule has 1 heterocycles. The number of carboxylic acids is 1. The Balaban J connectivity index is 0.000000640. The van der Waals surface area contributed by atoms with Gasteiger partial charge in [0.05, 0.1) is 0 Å². The topological polar surface area (TPSA) is 53.0 Å². The number of hydrogen-bond donors (Lipinski definition) is 0. The first-order valence-electron chi connectivity index (χ1n) is 1.91. The smallest absolute Gasteiger partial charge is 0.542 e. The minimum atomic E-state index is -1.21. The maximum Gasteiger partial charge on any atom is 1.00 e. The summed E-state index contributed by atoms with van der Waals surface area (Å²) in [5, 5.41) is 11.5. The van der Waals surface area contributed by atoms with E-state index in [0.29, 0.717) is 0 Å². The molecule has 0 aliphatic carbocycles. The van der Waals surface area contributed by atoms with Crippen molar-refractivity contribution in [1.29, 1.82) is 0 Å². The van der Waals surface area contributed by atoms with E-state index in [2.05, 4.69) is 4.98 Å². The second-order valence-electron chi connectivity index (χ2n) is 1.12. The van der Waals surface area contributed by atoms with E-state index in [1.165, 1.54) is 6.20 Å². The van der Waals surface area contributed by atoms with Crippen LogP contribution in [0.5, 0.6) is 0 Å². The van der Waals surface area contributed by atoms with Crippen LogP contribution in [0.3, 0.4) is 0 Å². The summed E-state index contributed by atoms with van der Waals surface area (Å²) in [6.07, 6.45) is 1.43. The van der Waals surface area contributed by atoms with Crippen LogP contribution in [0.25, 0.3) is 0 Å². The predicted octanol–water partition coefficient (Wildman–Crippen LogP) is -3.49. The van der Waals surface area contributed by atoms with E-state index < -0.39 is 5.97 Å². The number of aromatic nitrogens is 1. The van der Waals surface area contributed by atoms with Gasteiger partial charge in [-0.3, -0.25) is 0 Å². The van der Waals surface area contributed by atoms with Crippen LogP contribution < -0.4 is 24.0 Å². The third kappa shape index (κ3) is 2.18. The number of carbonyl (C=O) groups is 1. The maximum absolute atomic E-state index is 9.90. The first-order valence-corrected chi connectivity index (χ1v) is 2.79. The molecule has 1 rings (SSSR count). The first-order chi connectivity index (χ1) is 3.80. The molecular weight excluding hydrogens is 133 g/mol. The van der Waals surface area contributed by atoms with Crippen LogP contribution in [0, 0.1) is 0 Å². The van der Waals surface area contributed by atoms with E-state index in [-0.39, 0.29) is 23.9 Å². The first kappa shape index (κ1) is 8.70. The van der Waals surface area contributed by atoms with E-state index in [1.807, 2.05) is 0 Å². The van der Waals surface area contributed by atoms with Crippen molar-refractivity contribution in [2.75, 3.05) is 0 Å². The van der Waals surface area contributed by atoms with Gasteiger partial charge in [0.1, 0.15) is 11.0 Å². The van der Waals surface area contributed by atoms with Gasteiger partial charge in [-0.2, -0.15) is 0 Å². The zero-order valence-electron chi connectivity index (χ0n) is 4.83. The molecular formula is C4H2LiNO2S. The molecule has 0 amide bonds. The SMILES string of the molecule is O=C([O-])c1nccs1.[Li+]. The molecule has 5 heteroatoms. The van der Waals surface area contributed by atoms with E-state index in [1.54, 1.807) is 5.38 Å².